The Morgan fingerprint density at radius 1 is 1.23 bits per heavy atom. The molecule has 0 aliphatic carbocycles. The number of sulfonamides is 1. The van der Waals surface area contributed by atoms with Crippen LogP contribution in [-0.2, 0) is 16.4 Å². The van der Waals surface area contributed by atoms with Crippen molar-refractivity contribution in [3.63, 3.8) is 0 Å². The second-order valence-electron chi connectivity index (χ2n) is 5.22. The van der Waals surface area contributed by atoms with Gasteiger partial charge in [-0.15, -0.1) is 11.3 Å². The summed E-state index contributed by atoms with van der Waals surface area (Å²) in [5.41, 5.74) is 3.06. The Kier molecular flexibility index (Phi) is 4.03. The molecule has 0 bridgehead atoms. The molecule has 0 fully saturated rings. The maximum atomic E-state index is 12.2. The van der Waals surface area contributed by atoms with Crippen LogP contribution in [0.15, 0.2) is 40.7 Å². The summed E-state index contributed by atoms with van der Waals surface area (Å²) in [5, 5.41) is 2.05. The minimum Gasteiger partial charge on any atom is -0.295 e. The fraction of sp³-hybridized carbons (Fsp3) is 0.267. The van der Waals surface area contributed by atoms with E-state index in [-0.39, 0.29) is 0 Å². The second kappa shape index (κ2) is 5.83. The van der Waals surface area contributed by atoms with Crippen molar-refractivity contribution in [1.82, 2.24) is 14.1 Å². The summed E-state index contributed by atoms with van der Waals surface area (Å²) in [7, 11) is -3.45. The lowest BCUT2D eigenvalue weighted by Gasteiger charge is -2.06. The van der Waals surface area contributed by atoms with Gasteiger partial charge in [0, 0.05) is 30.2 Å². The quantitative estimate of drug-likeness (QED) is 0.779. The summed E-state index contributed by atoms with van der Waals surface area (Å²) in [6, 6.07) is 6.82. The normalized spacial score (nSPS) is 12.1. The lowest BCUT2D eigenvalue weighted by atomic mass is 10.2. The van der Waals surface area contributed by atoms with E-state index in [9.17, 15) is 8.42 Å². The van der Waals surface area contributed by atoms with Gasteiger partial charge in [-0.25, -0.2) is 18.1 Å². The highest BCUT2D eigenvalue weighted by Gasteiger charge is 2.13. The Balaban J connectivity index is 1.65. The smallest absolute Gasteiger partial charge is 0.240 e. The second-order valence-corrected chi connectivity index (χ2v) is 7.83. The molecule has 1 aromatic carbocycles. The number of nitrogens with one attached hydrogen (secondary N) is 1. The monoisotopic (exact) mass is 335 g/mol. The molecule has 0 atom stereocenters. The number of fused-ring (bicyclic) bond motifs is 1. The van der Waals surface area contributed by atoms with E-state index in [2.05, 4.69) is 9.71 Å². The lowest BCUT2D eigenvalue weighted by Crippen LogP contribution is -2.26. The first kappa shape index (κ1) is 15.2. The van der Waals surface area contributed by atoms with Gasteiger partial charge < -0.3 is 0 Å². The van der Waals surface area contributed by atoms with Gasteiger partial charge in [-0.1, -0.05) is 17.7 Å². The molecule has 0 aliphatic heterocycles. The van der Waals surface area contributed by atoms with Gasteiger partial charge in [-0.05, 0) is 26.0 Å². The molecule has 7 heteroatoms. The topological polar surface area (TPSA) is 63.5 Å². The number of hydrogen-bond donors (Lipinski definition) is 1. The van der Waals surface area contributed by atoms with E-state index in [4.69, 9.17) is 0 Å². The van der Waals surface area contributed by atoms with Gasteiger partial charge in [0.2, 0.25) is 10.0 Å². The van der Waals surface area contributed by atoms with Crippen molar-refractivity contribution in [2.75, 3.05) is 6.54 Å². The zero-order valence-electron chi connectivity index (χ0n) is 12.4. The van der Waals surface area contributed by atoms with E-state index < -0.39 is 10.0 Å². The van der Waals surface area contributed by atoms with E-state index in [1.807, 2.05) is 29.8 Å². The first-order chi connectivity index (χ1) is 10.5. The molecule has 0 aliphatic rings. The maximum absolute atomic E-state index is 12.2. The number of rotatable bonds is 5. The van der Waals surface area contributed by atoms with E-state index in [1.165, 1.54) is 0 Å². The lowest BCUT2D eigenvalue weighted by molar-refractivity contribution is 0.581. The van der Waals surface area contributed by atoms with Crippen LogP contribution in [0.1, 0.15) is 17.0 Å². The molecule has 0 spiro atoms. The zero-order chi connectivity index (χ0) is 15.7. The van der Waals surface area contributed by atoms with Crippen molar-refractivity contribution in [3.8, 4) is 0 Å². The molecule has 0 radical (unpaired) electrons. The van der Waals surface area contributed by atoms with Crippen molar-refractivity contribution in [1.29, 1.82) is 0 Å². The van der Waals surface area contributed by atoms with Gasteiger partial charge in [0.25, 0.3) is 0 Å². The van der Waals surface area contributed by atoms with Crippen LogP contribution in [-0.4, -0.2) is 24.3 Å². The SMILES string of the molecule is Cc1ccc(S(=O)(=O)NCCc2cn3c(C)csc3n2)cc1. The number of hydrogen-bond acceptors (Lipinski definition) is 4. The molecular weight excluding hydrogens is 318 g/mol. The number of benzene rings is 1. The van der Waals surface area contributed by atoms with Crippen molar-refractivity contribution in [3.05, 3.63) is 52.8 Å². The first-order valence-electron chi connectivity index (χ1n) is 6.94. The molecule has 22 heavy (non-hydrogen) atoms. The third-order valence-electron chi connectivity index (χ3n) is 3.44. The molecule has 116 valence electrons. The minimum absolute atomic E-state index is 0.291. The molecule has 2 aromatic heterocycles. The minimum atomic E-state index is -3.45. The zero-order valence-corrected chi connectivity index (χ0v) is 14.0. The standard InChI is InChI=1S/C15H17N3O2S2/c1-11-3-5-14(6-4-11)22(19,20)16-8-7-13-9-18-12(2)10-21-15(18)17-13/h3-6,9-10,16H,7-8H2,1-2H3. The van der Waals surface area contributed by atoms with Crippen molar-refractivity contribution >= 4 is 26.3 Å². The van der Waals surface area contributed by atoms with Crippen molar-refractivity contribution in [2.45, 2.75) is 25.2 Å². The fourth-order valence-corrected chi connectivity index (χ4v) is 4.08. The van der Waals surface area contributed by atoms with Crippen molar-refractivity contribution < 1.29 is 8.42 Å². The predicted molar refractivity (Wildman–Crippen MR) is 87.9 cm³/mol. The molecule has 3 rings (SSSR count). The van der Waals surface area contributed by atoms with E-state index in [1.54, 1.807) is 35.6 Å². The van der Waals surface area contributed by atoms with Gasteiger partial charge in [-0.2, -0.15) is 0 Å². The molecule has 0 saturated heterocycles. The Hall–Kier alpha value is -1.70. The number of aromatic nitrogens is 2. The molecule has 0 saturated carbocycles. The highest BCUT2D eigenvalue weighted by molar-refractivity contribution is 7.89. The Morgan fingerprint density at radius 2 is 1.95 bits per heavy atom. The Morgan fingerprint density at radius 3 is 2.64 bits per heavy atom. The Labute approximate surface area is 133 Å². The maximum Gasteiger partial charge on any atom is 0.240 e. The van der Waals surface area contributed by atoms with Gasteiger partial charge >= 0.3 is 0 Å². The molecule has 3 aromatic rings. The third-order valence-corrected chi connectivity index (χ3v) is 5.88. The number of nitrogens with zero attached hydrogens (tertiary/aromatic N) is 2. The van der Waals surface area contributed by atoms with E-state index >= 15 is 0 Å². The van der Waals surface area contributed by atoms with Crippen LogP contribution >= 0.6 is 11.3 Å². The van der Waals surface area contributed by atoms with Crippen LogP contribution < -0.4 is 4.72 Å². The van der Waals surface area contributed by atoms with Crippen molar-refractivity contribution in [2.24, 2.45) is 0 Å². The Bertz CT molecular complexity index is 893. The third kappa shape index (κ3) is 3.06. The molecule has 2 heterocycles. The predicted octanol–water partition coefficient (Wildman–Crippen LogP) is 2.53. The van der Waals surface area contributed by atoms with Gasteiger partial charge in [-0.3, -0.25) is 4.40 Å². The van der Waals surface area contributed by atoms with Crippen LogP contribution in [0.25, 0.3) is 4.96 Å². The van der Waals surface area contributed by atoms with E-state index in [0.29, 0.717) is 17.9 Å². The van der Waals surface area contributed by atoms with Crippen LogP contribution in [0, 0.1) is 13.8 Å². The summed E-state index contributed by atoms with van der Waals surface area (Å²) in [5.74, 6) is 0. The number of thiazole rings is 1. The first-order valence-corrected chi connectivity index (χ1v) is 9.30. The summed E-state index contributed by atoms with van der Waals surface area (Å²) in [4.78, 5) is 5.71. The molecule has 1 N–H and O–H groups in total. The summed E-state index contributed by atoms with van der Waals surface area (Å²) >= 11 is 1.59. The summed E-state index contributed by atoms with van der Waals surface area (Å²) in [6.45, 7) is 4.28. The largest absolute Gasteiger partial charge is 0.295 e. The molecule has 0 amide bonds. The van der Waals surface area contributed by atoms with Crippen LogP contribution in [0.3, 0.4) is 0 Å². The molecule has 5 nitrogen and oxygen atoms in total. The average Bonchev–Trinajstić information content (AvgIpc) is 3.02. The summed E-state index contributed by atoms with van der Waals surface area (Å²) < 4.78 is 29.0. The van der Waals surface area contributed by atoms with Gasteiger partial charge in [0.1, 0.15) is 0 Å². The summed E-state index contributed by atoms with van der Waals surface area (Å²) in [6.07, 6.45) is 2.53. The fourth-order valence-electron chi connectivity index (χ4n) is 2.18. The molecular formula is C15H17N3O2S2. The van der Waals surface area contributed by atoms with Crippen LogP contribution in [0.5, 0.6) is 0 Å². The average molecular weight is 335 g/mol. The number of imidazole rings is 1. The van der Waals surface area contributed by atoms with Gasteiger partial charge in [0.05, 0.1) is 10.6 Å². The van der Waals surface area contributed by atoms with Gasteiger partial charge in [0.15, 0.2) is 4.96 Å². The highest BCUT2D eigenvalue weighted by Crippen LogP contribution is 2.16. The van der Waals surface area contributed by atoms with Crippen LogP contribution in [0.4, 0.5) is 0 Å². The number of aryl methyl sites for hydroxylation is 2. The molecule has 0 unspecified atom stereocenters. The highest BCUT2D eigenvalue weighted by atomic mass is 32.2. The van der Waals surface area contributed by atoms with Crippen LogP contribution in [0.2, 0.25) is 0 Å². The van der Waals surface area contributed by atoms with E-state index in [0.717, 1.165) is 21.9 Å².